The summed E-state index contributed by atoms with van der Waals surface area (Å²) in [5.74, 6) is -0.319. The van der Waals surface area contributed by atoms with Gasteiger partial charge in [-0.3, -0.25) is 13.9 Å². The molecule has 41 heavy (non-hydrogen) atoms. The Morgan fingerprint density at radius 3 is 2.63 bits per heavy atom. The lowest BCUT2D eigenvalue weighted by Crippen LogP contribution is -2.37. The highest BCUT2D eigenvalue weighted by Gasteiger charge is 2.44. The van der Waals surface area contributed by atoms with Crippen LogP contribution in [0.15, 0.2) is 67.0 Å². The third kappa shape index (κ3) is 6.84. The number of rotatable bonds is 11. The van der Waals surface area contributed by atoms with Gasteiger partial charge in [0, 0.05) is 6.42 Å². The van der Waals surface area contributed by atoms with Crippen LogP contribution < -0.4 is 15.3 Å². The first kappa shape index (κ1) is 28.9. The molecule has 1 unspecified atom stereocenters. The molecule has 0 bridgehead atoms. The van der Waals surface area contributed by atoms with Gasteiger partial charge in [-0.15, -0.1) is 0 Å². The van der Waals surface area contributed by atoms with Crippen molar-refractivity contribution >= 4 is 42.3 Å². The molecule has 13 nitrogen and oxygen atoms in total. The average molecular weight is 603 g/mol. The Balaban J connectivity index is 1.34. The molecule has 3 heterocycles. The molecular weight excluding hydrogens is 575 g/mol. The summed E-state index contributed by atoms with van der Waals surface area (Å²) in [6.45, 7) is 1.07. The number of esters is 1. The van der Waals surface area contributed by atoms with E-state index in [1.807, 2.05) is 30.3 Å². The lowest BCUT2D eigenvalue weighted by molar-refractivity contribution is -0.146. The molecule has 1 fully saturated rings. The number of fused-ring (bicyclic) bond motifs is 1. The number of nitrogens with zero attached hydrogens (tertiary/aromatic N) is 4. The number of nitrogen functional groups attached to an aromatic ring is 1. The van der Waals surface area contributed by atoms with Crippen molar-refractivity contribution in [3.05, 3.63) is 77.8 Å². The van der Waals surface area contributed by atoms with Crippen molar-refractivity contribution in [3.63, 3.8) is 0 Å². The normalized spacial score (nSPS) is 20.9. The standard InChI is InChI=1S/C26H28ClN6O7P/c1-16(25(35)37-14-17-8-4-2-5-9-17)32-41(36,39-18-10-6-3-7-11-18)40-19-12-21(38-20(19)13-34)33-15-29-22-23(28)30-26(27)31-24(22)33/h2-11,15-16,19-21,34H,12-14H2,1H3,(H,32,36)(H2,28,30,31)/t16-,19+,20+,21+,41?/m0/s1. The monoisotopic (exact) mass is 602 g/mol. The molecule has 0 saturated carbocycles. The number of ether oxygens (including phenoxy) is 2. The minimum Gasteiger partial charge on any atom is -0.460 e. The van der Waals surface area contributed by atoms with E-state index in [-0.39, 0.29) is 29.9 Å². The molecule has 1 aliphatic heterocycles. The van der Waals surface area contributed by atoms with Gasteiger partial charge in [0.05, 0.1) is 12.9 Å². The van der Waals surface area contributed by atoms with E-state index in [1.54, 1.807) is 34.9 Å². The molecule has 0 radical (unpaired) electrons. The molecule has 4 N–H and O–H groups in total. The van der Waals surface area contributed by atoms with E-state index < -0.39 is 44.8 Å². The van der Waals surface area contributed by atoms with E-state index in [0.29, 0.717) is 11.2 Å². The summed E-state index contributed by atoms with van der Waals surface area (Å²) in [5, 5.41) is 12.7. The van der Waals surface area contributed by atoms with Crippen LogP contribution in [0.25, 0.3) is 11.2 Å². The second-order valence-corrected chi connectivity index (χ2v) is 11.2. The number of anilines is 1. The number of benzene rings is 2. The zero-order chi connectivity index (χ0) is 29.0. The van der Waals surface area contributed by atoms with Crippen molar-refractivity contribution in [2.24, 2.45) is 0 Å². The maximum absolute atomic E-state index is 14.1. The smallest absolute Gasteiger partial charge is 0.459 e. The van der Waals surface area contributed by atoms with Gasteiger partial charge < -0.3 is 24.8 Å². The topological polar surface area (TPSA) is 173 Å². The minimum atomic E-state index is -4.25. The molecule has 1 saturated heterocycles. The molecule has 0 spiro atoms. The van der Waals surface area contributed by atoms with Crippen molar-refractivity contribution in [2.45, 2.75) is 44.4 Å². The molecule has 15 heteroatoms. The predicted molar refractivity (Wildman–Crippen MR) is 149 cm³/mol. The second-order valence-electron chi connectivity index (χ2n) is 9.24. The van der Waals surface area contributed by atoms with Gasteiger partial charge in [0.1, 0.15) is 42.4 Å². The fourth-order valence-corrected chi connectivity index (χ4v) is 6.17. The Hall–Kier alpha value is -3.58. The van der Waals surface area contributed by atoms with Crippen LogP contribution in [0.3, 0.4) is 0 Å². The second kappa shape index (κ2) is 12.5. The van der Waals surface area contributed by atoms with Gasteiger partial charge in [0.15, 0.2) is 11.5 Å². The van der Waals surface area contributed by atoms with Crippen LogP contribution in [-0.4, -0.2) is 55.5 Å². The first-order valence-electron chi connectivity index (χ1n) is 12.7. The van der Waals surface area contributed by atoms with Crippen LogP contribution in [0.5, 0.6) is 5.75 Å². The molecule has 4 aromatic rings. The lowest BCUT2D eigenvalue weighted by atomic mass is 10.2. The van der Waals surface area contributed by atoms with E-state index in [9.17, 15) is 14.5 Å². The summed E-state index contributed by atoms with van der Waals surface area (Å²) in [6, 6.07) is 16.4. The number of imidazole rings is 1. The molecule has 5 atom stereocenters. The van der Waals surface area contributed by atoms with E-state index in [0.717, 1.165) is 5.56 Å². The molecule has 0 aliphatic carbocycles. The number of aliphatic hydroxyl groups is 1. The summed E-state index contributed by atoms with van der Waals surface area (Å²) < 4.78 is 38.8. The van der Waals surface area contributed by atoms with Crippen LogP contribution in [-0.2, 0) is 30.0 Å². The third-order valence-corrected chi connectivity index (χ3v) is 8.14. The number of aromatic nitrogens is 4. The Morgan fingerprint density at radius 2 is 1.93 bits per heavy atom. The number of aliphatic hydroxyl groups excluding tert-OH is 1. The molecule has 2 aromatic carbocycles. The van der Waals surface area contributed by atoms with Crippen molar-refractivity contribution in [1.29, 1.82) is 0 Å². The van der Waals surface area contributed by atoms with Gasteiger partial charge >= 0.3 is 13.7 Å². The number of nitrogens with two attached hydrogens (primary N) is 1. The first-order chi connectivity index (χ1) is 19.7. The van der Waals surface area contributed by atoms with Gasteiger partial charge in [-0.2, -0.15) is 15.1 Å². The van der Waals surface area contributed by atoms with Gasteiger partial charge in [0.25, 0.3) is 0 Å². The van der Waals surface area contributed by atoms with Crippen LogP contribution in [0.2, 0.25) is 5.28 Å². The third-order valence-electron chi connectivity index (χ3n) is 6.26. The van der Waals surface area contributed by atoms with Crippen molar-refractivity contribution in [2.75, 3.05) is 12.3 Å². The molecule has 216 valence electrons. The number of hydrogen-bond acceptors (Lipinski definition) is 11. The lowest BCUT2D eigenvalue weighted by Gasteiger charge is -2.26. The largest absolute Gasteiger partial charge is 0.460 e. The zero-order valence-corrected chi connectivity index (χ0v) is 23.5. The van der Waals surface area contributed by atoms with Crippen LogP contribution in [0, 0.1) is 0 Å². The fraction of sp³-hybridized carbons (Fsp3) is 0.308. The Kier molecular flexibility index (Phi) is 8.83. The highest BCUT2D eigenvalue weighted by atomic mass is 35.5. The average Bonchev–Trinajstić information content (AvgIpc) is 3.56. The fourth-order valence-electron chi connectivity index (χ4n) is 4.29. The van der Waals surface area contributed by atoms with Gasteiger partial charge in [0.2, 0.25) is 5.28 Å². The maximum Gasteiger partial charge on any atom is 0.459 e. The van der Waals surface area contributed by atoms with E-state index in [2.05, 4.69) is 20.0 Å². The van der Waals surface area contributed by atoms with Crippen LogP contribution in [0.4, 0.5) is 5.82 Å². The predicted octanol–water partition coefficient (Wildman–Crippen LogP) is 3.64. The number of hydrogen-bond donors (Lipinski definition) is 3. The summed E-state index contributed by atoms with van der Waals surface area (Å²) in [7, 11) is -4.25. The van der Waals surface area contributed by atoms with Crippen molar-refractivity contribution < 1.29 is 33.0 Å². The number of nitrogens with one attached hydrogen (secondary N) is 1. The zero-order valence-electron chi connectivity index (χ0n) is 21.9. The number of para-hydroxylation sites is 1. The van der Waals surface area contributed by atoms with Crippen LogP contribution >= 0.6 is 19.3 Å². The molecule has 5 rings (SSSR count). The molecule has 2 aromatic heterocycles. The molecule has 0 amide bonds. The number of carbonyl (C=O) groups excluding carboxylic acids is 1. The Bertz CT molecular complexity index is 1540. The number of halogens is 1. The number of carbonyl (C=O) groups is 1. The molecular formula is C26H28ClN6O7P. The highest BCUT2D eigenvalue weighted by Crippen LogP contribution is 2.49. The SMILES string of the molecule is C[C@H](NP(=O)(Oc1ccccc1)O[C@@H]1C[C@H](n2cnc3c(N)nc(Cl)nc32)O[C@@H]1CO)C(=O)OCc1ccccc1. The Morgan fingerprint density at radius 1 is 1.22 bits per heavy atom. The van der Waals surface area contributed by atoms with Gasteiger partial charge in [-0.1, -0.05) is 48.5 Å². The highest BCUT2D eigenvalue weighted by molar-refractivity contribution is 7.52. The van der Waals surface area contributed by atoms with E-state index in [4.69, 9.17) is 35.9 Å². The quantitative estimate of drug-likeness (QED) is 0.129. The van der Waals surface area contributed by atoms with Gasteiger partial charge in [-0.25, -0.2) is 9.55 Å². The summed E-state index contributed by atoms with van der Waals surface area (Å²) in [4.78, 5) is 25.1. The maximum atomic E-state index is 14.1. The molecule has 1 aliphatic rings. The summed E-state index contributed by atoms with van der Waals surface area (Å²) in [5.41, 5.74) is 7.36. The minimum absolute atomic E-state index is 0.0398. The first-order valence-corrected chi connectivity index (χ1v) is 14.6. The summed E-state index contributed by atoms with van der Waals surface area (Å²) in [6.07, 6.45) is -0.981. The van der Waals surface area contributed by atoms with Crippen molar-refractivity contribution in [1.82, 2.24) is 24.6 Å². The Labute approximate surface area is 240 Å². The van der Waals surface area contributed by atoms with E-state index in [1.165, 1.54) is 13.3 Å². The van der Waals surface area contributed by atoms with Crippen molar-refractivity contribution in [3.8, 4) is 5.75 Å². The van der Waals surface area contributed by atoms with Crippen LogP contribution in [0.1, 0.15) is 25.1 Å². The summed E-state index contributed by atoms with van der Waals surface area (Å²) >= 11 is 5.99. The van der Waals surface area contributed by atoms with E-state index >= 15 is 0 Å². The van der Waals surface area contributed by atoms with Gasteiger partial charge in [-0.05, 0) is 36.2 Å².